The zero-order valence-corrected chi connectivity index (χ0v) is 16.5. The van der Waals surface area contributed by atoms with Gasteiger partial charge in [0.05, 0.1) is 13.2 Å². The number of carbonyl (C=O) groups excluding carboxylic acids is 1. The van der Waals surface area contributed by atoms with Crippen molar-refractivity contribution >= 4 is 22.4 Å². The van der Waals surface area contributed by atoms with E-state index in [9.17, 15) is 4.79 Å². The lowest BCUT2D eigenvalue weighted by molar-refractivity contribution is 0.102. The van der Waals surface area contributed by atoms with E-state index in [1.54, 1.807) is 18.2 Å². The Morgan fingerprint density at radius 1 is 1.08 bits per heavy atom. The quantitative estimate of drug-likeness (QED) is 0.574. The number of anilines is 1. The predicted molar refractivity (Wildman–Crippen MR) is 104 cm³/mol. The van der Waals surface area contributed by atoms with E-state index in [1.165, 1.54) is 24.2 Å². The second-order valence-corrected chi connectivity index (χ2v) is 6.92. The van der Waals surface area contributed by atoms with Crippen molar-refractivity contribution in [2.75, 3.05) is 18.5 Å². The molecule has 0 saturated carbocycles. The molecule has 0 atom stereocenters. The molecule has 0 aliphatic rings. The molecular formula is C19H27N3O3S. The van der Waals surface area contributed by atoms with Crippen LogP contribution in [0.2, 0.25) is 0 Å². The van der Waals surface area contributed by atoms with Crippen molar-refractivity contribution in [3.8, 4) is 11.5 Å². The summed E-state index contributed by atoms with van der Waals surface area (Å²) in [6.45, 7) is 7.22. The van der Waals surface area contributed by atoms with Gasteiger partial charge in [-0.25, -0.2) is 0 Å². The first-order valence-corrected chi connectivity index (χ1v) is 10.0. The Morgan fingerprint density at radius 3 is 2.65 bits per heavy atom. The van der Waals surface area contributed by atoms with Crippen LogP contribution in [0.15, 0.2) is 18.2 Å². The SMILES string of the molecule is CCCCCc1nnc(NC(=O)c2ccc(OCCC)c(OCC)c2)s1. The first-order chi connectivity index (χ1) is 12.7. The number of benzene rings is 1. The number of unbranched alkanes of at least 4 members (excludes halogenated alkanes) is 2. The molecule has 0 spiro atoms. The third kappa shape index (κ3) is 5.98. The van der Waals surface area contributed by atoms with E-state index in [0.29, 0.717) is 35.4 Å². The molecule has 1 aromatic heterocycles. The molecule has 0 bridgehead atoms. The molecule has 0 aliphatic heterocycles. The Balaban J connectivity index is 2.03. The molecule has 1 heterocycles. The van der Waals surface area contributed by atoms with E-state index in [2.05, 4.69) is 22.4 Å². The maximum absolute atomic E-state index is 12.5. The number of ether oxygens (including phenoxy) is 2. The Bertz CT molecular complexity index is 703. The number of carbonyl (C=O) groups is 1. The molecule has 1 N–H and O–H groups in total. The van der Waals surface area contributed by atoms with Crippen molar-refractivity contribution < 1.29 is 14.3 Å². The van der Waals surface area contributed by atoms with Gasteiger partial charge in [0, 0.05) is 12.0 Å². The van der Waals surface area contributed by atoms with Gasteiger partial charge in [-0.3, -0.25) is 10.1 Å². The Hall–Kier alpha value is -2.15. The normalized spacial score (nSPS) is 10.6. The van der Waals surface area contributed by atoms with Gasteiger partial charge in [0.2, 0.25) is 5.13 Å². The summed E-state index contributed by atoms with van der Waals surface area (Å²) < 4.78 is 11.3. The highest BCUT2D eigenvalue weighted by molar-refractivity contribution is 7.15. The van der Waals surface area contributed by atoms with Gasteiger partial charge in [-0.1, -0.05) is 38.0 Å². The highest BCUT2D eigenvalue weighted by atomic mass is 32.1. The standard InChI is InChI=1S/C19H27N3O3S/c1-4-7-8-9-17-21-22-19(26-17)20-18(23)14-10-11-15(25-12-5-2)16(13-14)24-6-3/h10-11,13H,4-9,12H2,1-3H3,(H,20,22,23). The predicted octanol–water partition coefficient (Wildman–Crippen LogP) is 4.71. The van der Waals surface area contributed by atoms with Crippen LogP contribution in [-0.4, -0.2) is 29.3 Å². The highest BCUT2D eigenvalue weighted by Gasteiger charge is 2.14. The average molecular weight is 378 g/mol. The van der Waals surface area contributed by atoms with Crippen LogP contribution in [0, 0.1) is 0 Å². The lowest BCUT2D eigenvalue weighted by Crippen LogP contribution is -2.12. The highest BCUT2D eigenvalue weighted by Crippen LogP contribution is 2.29. The van der Waals surface area contributed by atoms with Crippen molar-refractivity contribution in [1.82, 2.24) is 10.2 Å². The van der Waals surface area contributed by atoms with Crippen LogP contribution < -0.4 is 14.8 Å². The van der Waals surface area contributed by atoms with Gasteiger partial charge in [-0.2, -0.15) is 0 Å². The Labute approximate surface area is 158 Å². The van der Waals surface area contributed by atoms with Crippen LogP contribution in [0.25, 0.3) is 0 Å². The van der Waals surface area contributed by atoms with E-state index >= 15 is 0 Å². The summed E-state index contributed by atoms with van der Waals surface area (Å²) in [7, 11) is 0. The molecule has 2 rings (SSSR count). The van der Waals surface area contributed by atoms with E-state index in [0.717, 1.165) is 24.3 Å². The number of nitrogens with zero attached hydrogens (tertiary/aromatic N) is 2. The summed E-state index contributed by atoms with van der Waals surface area (Å²) in [5.74, 6) is 0.995. The Kier molecular flexibility index (Phi) is 8.34. The number of amides is 1. The third-order valence-electron chi connectivity index (χ3n) is 3.65. The summed E-state index contributed by atoms with van der Waals surface area (Å²) in [6, 6.07) is 5.20. The van der Waals surface area contributed by atoms with Gasteiger partial charge in [-0.05, 0) is 38.0 Å². The van der Waals surface area contributed by atoms with Gasteiger partial charge < -0.3 is 9.47 Å². The molecule has 1 aromatic carbocycles. The molecule has 0 saturated heterocycles. The lowest BCUT2D eigenvalue weighted by Gasteiger charge is -2.12. The summed E-state index contributed by atoms with van der Waals surface area (Å²) in [5, 5.41) is 12.5. The monoisotopic (exact) mass is 377 g/mol. The maximum Gasteiger partial charge on any atom is 0.257 e. The van der Waals surface area contributed by atoms with Gasteiger partial charge in [0.25, 0.3) is 5.91 Å². The first kappa shape index (κ1) is 20.2. The smallest absolute Gasteiger partial charge is 0.257 e. The first-order valence-electron chi connectivity index (χ1n) is 9.21. The van der Waals surface area contributed by atoms with Crippen molar-refractivity contribution in [1.29, 1.82) is 0 Å². The number of aryl methyl sites for hydroxylation is 1. The molecular weight excluding hydrogens is 350 g/mol. The van der Waals surface area contributed by atoms with Gasteiger partial charge in [-0.15, -0.1) is 10.2 Å². The minimum atomic E-state index is -0.232. The van der Waals surface area contributed by atoms with Crippen molar-refractivity contribution in [2.45, 2.75) is 52.9 Å². The van der Waals surface area contributed by atoms with Crippen LogP contribution in [-0.2, 0) is 6.42 Å². The fourth-order valence-corrected chi connectivity index (χ4v) is 3.13. The zero-order valence-electron chi connectivity index (χ0n) is 15.7. The van der Waals surface area contributed by atoms with Crippen LogP contribution in [0.1, 0.15) is 61.8 Å². The van der Waals surface area contributed by atoms with Crippen LogP contribution in [0.5, 0.6) is 11.5 Å². The molecule has 1 amide bonds. The van der Waals surface area contributed by atoms with E-state index in [1.807, 2.05) is 13.8 Å². The third-order valence-corrected chi connectivity index (χ3v) is 4.55. The number of hydrogen-bond acceptors (Lipinski definition) is 6. The molecule has 7 heteroatoms. The molecule has 6 nitrogen and oxygen atoms in total. The lowest BCUT2D eigenvalue weighted by atomic mass is 10.2. The van der Waals surface area contributed by atoms with Crippen LogP contribution in [0.3, 0.4) is 0 Å². The zero-order chi connectivity index (χ0) is 18.8. The minimum absolute atomic E-state index is 0.232. The van der Waals surface area contributed by atoms with Crippen molar-refractivity contribution in [3.05, 3.63) is 28.8 Å². The molecule has 0 aliphatic carbocycles. The number of nitrogens with one attached hydrogen (secondary N) is 1. The maximum atomic E-state index is 12.5. The molecule has 0 fully saturated rings. The number of rotatable bonds is 11. The number of hydrogen-bond donors (Lipinski definition) is 1. The van der Waals surface area contributed by atoms with Crippen molar-refractivity contribution in [3.63, 3.8) is 0 Å². The van der Waals surface area contributed by atoms with Gasteiger partial charge >= 0.3 is 0 Å². The summed E-state index contributed by atoms with van der Waals surface area (Å²) in [6.07, 6.45) is 5.25. The minimum Gasteiger partial charge on any atom is -0.490 e. The molecule has 142 valence electrons. The fraction of sp³-hybridized carbons (Fsp3) is 0.526. The summed E-state index contributed by atoms with van der Waals surface area (Å²) in [4.78, 5) is 12.5. The van der Waals surface area contributed by atoms with E-state index in [-0.39, 0.29) is 5.91 Å². The number of aromatic nitrogens is 2. The van der Waals surface area contributed by atoms with E-state index < -0.39 is 0 Å². The molecule has 26 heavy (non-hydrogen) atoms. The molecule has 2 aromatic rings. The topological polar surface area (TPSA) is 73.3 Å². The van der Waals surface area contributed by atoms with E-state index in [4.69, 9.17) is 9.47 Å². The molecule has 0 unspecified atom stereocenters. The summed E-state index contributed by atoms with van der Waals surface area (Å²) >= 11 is 1.42. The van der Waals surface area contributed by atoms with Gasteiger partial charge in [0.15, 0.2) is 11.5 Å². The van der Waals surface area contributed by atoms with Crippen LogP contribution in [0.4, 0.5) is 5.13 Å². The Morgan fingerprint density at radius 2 is 1.92 bits per heavy atom. The van der Waals surface area contributed by atoms with Gasteiger partial charge in [0.1, 0.15) is 5.01 Å². The second kappa shape index (κ2) is 10.8. The molecule has 0 radical (unpaired) electrons. The fourth-order valence-electron chi connectivity index (χ4n) is 2.35. The van der Waals surface area contributed by atoms with Crippen molar-refractivity contribution in [2.24, 2.45) is 0 Å². The second-order valence-electron chi connectivity index (χ2n) is 5.86. The largest absolute Gasteiger partial charge is 0.490 e. The average Bonchev–Trinajstić information content (AvgIpc) is 3.08. The summed E-state index contributed by atoms with van der Waals surface area (Å²) in [5.41, 5.74) is 0.500. The van der Waals surface area contributed by atoms with Crippen LogP contribution >= 0.6 is 11.3 Å².